The van der Waals surface area contributed by atoms with Crippen LogP contribution in [0.1, 0.15) is 21.5 Å². The van der Waals surface area contributed by atoms with E-state index in [0.29, 0.717) is 11.1 Å². The number of aryl methyl sites for hydroxylation is 1. The van der Waals surface area contributed by atoms with Crippen LogP contribution in [0.5, 0.6) is 0 Å². The molecule has 2 rings (SSSR count). The first-order valence-electron chi connectivity index (χ1n) is 4.05. The third-order valence-electron chi connectivity index (χ3n) is 2.21. The molecular formula is C9H7NO4. The van der Waals surface area contributed by atoms with Crippen LogP contribution in [0.4, 0.5) is 5.69 Å². The number of ether oxygens (including phenoxy) is 1. The van der Waals surface area contributed by atoms with Gasteiger partial charge in [-0.1, -0.05) is 12.1 Å². The Balaban J connectivity index is 2.74. The maximum Gasteiger partial charge on any atom is 0.345 e. The first-order chi connectivity index (χ1) is 6.61. The number of benzene rings is 1. The molecule has 0 spiro atoms. The standard InChI is InChI=1S/C9H7NO4/c1-5-2-3-6-4-14-9(11)7(6)8(5)10(12)13/h2-3H,4H2,1H3. The molecule has 1 aromatic rings. The molecule has 72 valence electrons. The van der Waals surface area contributed by atoms with Gasteiger partial charge < -0.3 is 4.74 Å². The van der Waals surface area contributed by atoms with Gasteiger partial charge in [0.1, 0.15) is 12.2 Å². The molecule has 1 aliphatic heterocycles. The molecule has 0 aromatic heterocycles. The summed E-state index contributed by atoms with van der Waals surface area (Å²) in [5, 5.41) is 10.7. The topological polar surface area (TPSA) is 69.4 Å². The predicted molar refractivity (Wildman–Crippen MR) is 47.0 cm³/mol. The fourth-order valence-corrected chi connectivity index (χ4v) is 1.54. The number of hydrogen-bond acceptors (Lipinski definition) is 4. The largest absolute Gasteiger partial charge is 0.457 e. The summed E-state index contributed by atoms with van der Waals surface area (Å²) in [5.41, 5.74) is 1.04. The quantitative estimate of drug-likeness (QED) is 0.385. The van der Waals surface area contributed by atoms with Gasteiger partial charge in [0.15, 0.2) is 0 Å². The van der Waals surface area contributed by atoms with Gasteiger partial charge in [-0.25, -0.2) is 4.79 Å². The number of hydrogen-bond donors (Lipinski definition) is 0. The molecule has 1 aliphatic rings. The van der Waals surface area contributed by atoms with Gasteiger partial charge in [0.25, 0.3) is 5.69 Å². The van der Waals surface area contributed by atoms with Gasteiger partial charge in [-0.15, -0.1) is 0 Å². The second kappa shape index (κ2) is 2.80. The molecule has 0 saturated heterocycles. The number of nitro benzene ring substituents is 1. The van der Waals surface area contributed by atoms with E-state index in [1.807, 2.05) is 0 Å². The van der Waals surface area contributed by atoms with Crippen LogP contribution in [-0.4, -0.2) is 10.9 Å². The van der Waals surface area contributed by atoms with Crippen LogP contribution < -0.4 is 0 Å². The Labute approximate surface area is 79.4 Å². The minimum absolute atomic E-state index is 0.106. The fraction of sp³-hybridized carbons (Fsp3) is 0.222. The molecule has 0 amide bonds. The lowest BCUT2D eigenvalue weighted by Gasteiger charge is -1.99. The first kappa shape index (κ1) is 8.68. The van der Waals surface area contributed by atoms with E-state index in [-0.39, 0.29) is 17.9 Å². The Morgan fingerprint density at radius 3 is 2.86 bits per heavy atom. The molecular weight excluding hydrogens is 186 g/mol. The zero-order valence-electron chi connectivity index (χ0n) is 7.44. The molecule has 0 unspecified atom stereocenters. The Morgan fingerprint density at radius 1 is 1.50 bits per heavy atom. The molecule has 1 heterocycles. The zero-order chi connectivity index (χ0) is 10.3. The Bertz CT molecular complexity index is 439. The third kappa shape index (κ3) is 1.06. The van der Waals surface area contributed by atoms with Crippen molar-refractivity contribution in [2.24, 2.45) is 0 Å². The summed E-state index contributed by atoms with van der Waals surface area (Å²) in [5.74, 6) is -0.601. The van der Waals surface area contributed by atoms with E-state index >= 15 is 0 Å². The van der Waals surface area contributed by atoms with Crippen LogP contribution in [0.2, 0.25) is 0 Å². The van der Waals surface area contributed by atoms with Crippen LogP contribution in [0.25, 0.3) is 0 Å². The summed E-state index contributed by atoms with van der Waals surface area (Å²) in [4.78, 5) is 21.4. The molecule has 0 aliphatic carbocycles. The normalized spacial score (nSPS) is 13.6. The van der Waals surface area contributed by atoms with Crippen LogP contribution in [-0.2, 0) is 11.3 Å². The summed E-state index contributed by atoms with van der Waals surface area (Å²) < 4.78 is 4.73. The molecule has 0 N–H and O–H groups in total. The number of rotatable bonds is 1. The van der Waals surface area contributed by atoms with Gasteiger partial charge >= 0.3 is 5.97 Å². The summed E-state index contributed by atoms with van der Waals surface area (Å²) in [6.07, 6.45) is 0. The monoisotopic (exact) mass is 193 g/mol. The smallest absolute Gasteiger partial charge is 0.345 e. The van der Waals surface area contributed by atoms with E-state index in [4.69, 9.17) is 4.74 Å². The average Bonchev–Trinajstić information content (AvgIpc) is 2.47. The minimum Gasteiger partial charge on any atom is -0.457 e. The molecule has 0 bridgehead atoms. The van der Waals surface area contributed by atoms with E-state index in [0.717, 1.165) is 0 Å². The lowest BCUT2D eigenvalue weighted by molar-refractivity contribution is -0.385. The maximum atomic E-state index is 11.2. The van der Waals surface area contributed by atoms with Crippen LogP contribution in [0.3, 0.4) is 0 Å². The lowest BCUT2D eigenvalue weighted by atomic mass is 10.0. The van der Waals surface area contributed by atoms with Crippen molar-refractivity contribution in [1.29, 1.82) is 0 Å². The number of nitro groups is 1. The fourth-order valence-electron chi connectivity index (χ4n) is 1.54. The number of cyclic esters (lactones) is 1. The molecule has 0 saturated carbocycles. The zero-order valence-corrected chi connectivity index (χ0v) is 7.44. The van der Waals surface area contributed by atoms with E-state index in [2.05, 4.69) is 0 Å². The van der Waals surface area contributed by atoms with Crippen molar-refractivity contribution >= 4 is 11.7 Å². The van der Waals surface area contributed by atoms with Gasteiger partial charge in [-0.2, -0.15) is 0 Å². The Kier molecular flexibility index (Phi) is 1.73. The molecule has 1 aromatic carbocycles. The Morgan fingerprint density at radius 2 is 2.21 bits per heavy atom. The van der Waals surface area contributed by atoms with Crippen molar-refractivity contribution in [3.8, 4) is 0 Å². The molecule has 14 heavy (non-hydrogen) atoms. The summed E-state index contributed by atoms with van der Waals surface area (Å²) in [7, 11) is 0. The highest BCUT2D eigenvalue weighted by Crippen LogP contribution is 2.31. The summed E-state index contributed by atoms with van der Waals surface area (Å²) >= 11 is 0. The van der Waals surface area contributed by atoms with E-state index in [1.165, 1.54) is 0 Å². The number of esters is 1. The van der Waals surface area contributed by atoms with E-state index in [9.17, 15) is 14.9 Å². The second-order valence-corrected chi connectivity index (χ2v) is 3.10. The molecule has 5 heteroatoms. The van der Waals surface area contributed by atoms with Crippen molar-refractivity contribution in [2.45, 2.75) is 13.5 Å². The number of nitrogens with zero attached hydrogens (tertiary/aromatic N) is 1. The summed E-state index contributed by atoms with van der Waals surface area (Å²) in [6, 6.07) is 3.31. The SMILES string of the molecule is Cc1ccc2c(c1[N+](=O)[O-])C(=O)OC2. The number of fused-ring (bicyclic) bond motifs is 1. The molecule has 0 atom stereocenters. The van der Waals surface area contributed by atoms with Crippen molar-refractivity contribution < 1.29 is 14.5 Å². The van der Waals surface area contributed by atoms with E-state index in [1.54, 1.807) is 19.1 Å². The van der Waals surface area contributed by atoms with Crippen molar-refractivity contribution in [3.63, 3.8) is 0 Å². The van der Waals surface area contributed by atoms with Gasteiger partial charge in [-0.05, 0) is 6.92 Å². The van der Waals surface area contributed by atoms with Gasteiger partial charge in [0, 0.05) is 11.1 Å². The minimum atomic E-state index is -0.601. The van der Waals surface area contributed by atoms with Crippen molar-refractivity contribution in [1.82, 2.24) is 0 Å². The average molecular weight is 193 g/mol. The maximum absolute atomic E-state index is 11.2. The Hall–Kier alpha value is -1.91. The van der Waals surface area contributed by atoms with Gasteiger partial charge in [-0.3, -0.25) is 10.1 Å². The highest BCUT2D eigenvalue weighted by atomic mass is 16.6. The third-order valence-corrected chi connectivity index (χ3v) is 2.21. The van der Waals surface area contributed by atoms with Crippen molar-refractivity contribution in [2.75, 3.05) is 0 Å². The number of carbonyl (C=O) groups is 1. The lowest BCUT2D eigenvalue weighted by Crippen LogP contribution is -2.02. The predicted octanol–water partition coefficient (Wildman–Crippen LogP) is 1.57. The molecule has 0 fully saturated rings. The van der Waals surface area contributed by atoms with Gasteiger partial charge in [0.05, 0.1) is 4.92 Å². The van der Waals surface area contributed by atoms with Crippen LogP contribution in [0.15, 0.2) is 12.1 Å². The highest BCUT2D eigenvalue weighted by Gasteiger charge is 2.32. The second-order valence-electron chi connectivity index (χ2n) is 3.10. The summed E-state index contributed by atoms with van der Waals surface area (Å²) in [6.45, 7) is 1.74. The van der Waals surface area contributed by atoms with E-state index < -0.39 is 10.9 Å². The molecule has 0 radical (unpaired) electrons. The highest BCUT2D eigenvalue weighted by molar-refractivity contribution is 5.98. The van der Waals surface area contributed by atoms with Crippen LogP contribution in [0, 0.1) is 17.0 Å². The van der Waals surface area contributed by atoms with Gasteiger partial charge in [0.2, 0.25) is 0 Å². The van der Waals surface area contributed by atoms with Crippen LogP contribution >= 0.6 is 0 Å². The molecule has 5 nitrogen and oxygen atoms in total. The van der Waals surface area contributed by atoms with Crippen molar-refractivity contribution in [3.05, 3.63) is 38.9 Å². The first-order valence-corrected chi connectivity index (χ1v) is 4.05. The number of carbonyl (C=O) groups excluding carboxylic acids is 1.